The molecule has 0 saturated heterocycles. The van der Waals surface area contributed by atoms with Gasteiger partial charge in [0.1, 0.15) is 0 Å². The number of anilines is 4. The predicted octanol–water partition coefficient (Wildman–Crippen LogP) is 6.70. The van der Waals surface area contributed by atoms with E-state index in [1.165, 1.54) is 55.8 Å². The van der Waals surface area contributed by atoms with Gasteiger partial charge in [0.15, 0.2) is 0 Å². The van der Waals surface area contributed by atoms with Crippen LogP contribution >= 0.6 is 0 Å². The number of aromatic nitrogens is 2. The number of para-hydroxylation sites is 2. The number of pyridine rings is 2. The van der Waals surface area contributed by atoms with E-state index in [9.17, 15) is 0 Å². The maximum absolute atomic E-state index is 4.64. The van der Waals surface area contributed by atoms with E-state index >= 15 is 0 Å². The molecule has 0 spiro atoms. The van der Waals surface area contributed by atoms with E-state index in [1.807, 2.05) is 30.6 Å². The number of hydrogen-bond donors (Lipinski definition) is 0. The molecule has 45 heavy (non-hydrogen) atoms. The molecule has 2 aromatic heterocycles. The molecule has 4 heterocycles. The maximum Gasteiger partial charge on any atom is 0.232 e. The summed E-state index contributed by atoms with van der Waals surface area (Å²) in [6, 6.07) is 40.7. The minimum atomic E-state index is 0. The Labute approximate surface area is 280 Å². The maximum atomic E-state index is 4.64. The summed E-state index contributed by atoms with van der Waals surface area (Å²) in [6.07, 6.45) is 3.77. The summed E-state index contributed by atoms with van der Waals surface area (Å²) in [4.78, 5) is 13.7. The van der Waals surface area contributed by atoms with Crippen LogP contribution in [0.5, 0.6) is 0 Å². The molecule has 4 aromatic carbocycles. The smallest absolute Gasteiger partial charge is 0.232 e. The van der Waals surface area contributed by atoms with Crippen LogP contribution in [-0.4, -0.2) is 30.8 Å². The van der Waals surface area contributed by atoms with Gasteiger partial charge in [0.25, 0.3) is 0 Å². The van der Waals surface area contributed by atoms with E-state index in [-0.39, 0.29) is 26.8 Å². The molecule has 1 radical (unpaired) electrons. The first-order valence-corrected chi connectivity index (χ1v) is 15.0. The molecule has 0 N–H and O–H groups in total. The molecule has 6 aromatic rings. The van der Waals surface area contributed by atoms with Gasteiger partial charge in [-0.2, -0.15) is 0 Å². The van der Waals surface area contributed by atoms with Gasteiger partial charge in [-0.25, -0.2) is 0 Å². The van der Waals surface area contributed by atoms with Crippen molar-refractivity contribution in [1.82, 2.24) is 9.97 Å². The van der Waals surface area contributed by atoms with Crippen molar-refractivity contribution >= 4 is 45.9 Å². The van der Waals surface area contributed by atoms with Crippen molar-refractivity contribution in [3.8, 4) is 22.5 Å². The third kappa shape index (κ3) is 5.39. The molecule has 0 amide bonds. The summed E-state index contributed by atoms with van der Waals surface area (Å²) >= 11 is 0. The van der Waals surface area contributed by atoms with Gasteiger partial charge in [-0.1, -0.05) is 67.1 Å². The topological polar surface area (TPSA) is 32.3 Å². The van der Waals surface area contributed by atoms with Crippen LogP contribution in [0.3, 0.4) is 0 Å². The van der Waals surface area contributed by atoms with Crippen LogP contribution in [0.15, 0.2) is 109 Å². The first-order chi connectivity index (χ1) is 21.4. The van der Waals surface area contributed by atoms with Gasteiger partial charge in [-0.3, -0.25) is 0 Å². The second-order valence-electron chi connectivity index (χ2n) is 11.6. The standard InChI is InChI=1S/C25H19BN3.C14H14N.Ir/c1-28-21-12-5-3-9-18(21)26-19-10-4-6-13-22(19)29(2)25-17(14-15-23(28)24(25)26)20-11-7-8-16-27-20;1-10-4-6-13(7-5-10)14-8-11(2)12(3)9-15-14;/h3-13,15-16H,1-2H3;4-6,8-9H,1-3H3;/q2*-1;. The van der Waals surface area contributed by atoms with Crippen LogP contribution in [0, 0.1) is 32.9 Å². The molecule has 0 atom stereocenters. The van der Waals surface area contributed by atoms with E-state index in [0.717, 1.165) is 22.5 Å². The molecule has 6 heteroatoms. The van der Waals surface area contributed by atoms with E-state index in [1.54, 1.807) is 0 Å². The molecule has 223 valence electrons. The summed E-state index contributed by atoms with van der Waals surface area (Å²) in [6.45, 7) is 6.45. The van der Waals surface area contributed by atoms with Crippen LogP contribution in [0.4, 0.5) is 22.7 Å². The van der Waals surface area contributed by atoms with E-state index in [2.05, 4.69) is 146 Å². The minimum absolute atomic E-state index is 0. The Bertz CT molecular complexity index is 1980. The monoisotopic (exact) mass is 761 g/mol. The van der Waals surface area contributed by atoms with Gasteiger partial charge >= 0.3 is 0 Å². The minimum Gasteiger partial charge on any atom is -0.385 e. The zero-order valence-corrected chi connectivity index (χ0v) is 28.5. The Hall–Kier alpha value is -4.51. The molecule has 0 saturated carbocycles. The number of hydrogen-bond acceptors (Lipinski definition) is 4. The second kappa shape index (κ2) is 12.5. The van der Waals surface area contributed by atoms with Gasteiger partial charge in [-0.15, -0.1) is 58.6 Å². The fourth-order valence-electron chi connectivity index (χ4n) is 6.40. The fraction of sp³-hybridized carbons (Fsp3) is 0.128. The zero-order valence-electron chi connectivity index (χ0n) is 26.1. The van der Waals surface area contributed by atoms with Crippen molar-refractivity contribution in [3.05, 3.63) is 138 Å². The summed E-state index contributed by atoms with van der Waals surface area (Å²) in [5, 5.41) is 0. The van der Waals surface area contributed by atoms with E-state index < -0.39 is 0 Å². The number of aryl methyl sites for hydroxylation is 3. The molecular weight excluding hydrogens is 727 g/mol. The molecular formula is C39H33BIrN4-2. The van der Waals surface area contributed by atoms with Gasteiger partial charge in [0.2, 0.25) is 6.71 Å². The number of fused-ring (bicyclic) bond motifs is 4. The molecule has 0 bridgehead atoms. The zero-order chi connectivity index (χ0) is 30.4. The number of rotatable bonds is 2. The summed E-state index contributed by atoms with van der Waals surface area (Å²) in [5.41, 5.74) is 16.7. The van der Waals surface area contributed by atoms with Gasteiger partial charge < -0.3 is 19.8 Å². The quantitative estimate of drug-likeness (QED) is 0.146. The summed E-state index contributed by atoms with van der Waals surface area (Å²) in [5.74, 6) is 0. The van der Waals surface area contributed by atoms with Crippen LogP contribution in [0.2, 0.25) is 0 Å². The SMILES string of the molecule is CN1c2ccccc2B2c3ccccc3N(C)c3c(-c4ccccn4)[c-]cc1c32.Cc1c[c-]c(-c2cc(C)c(C)cn2)cc1.[Ir]. The Morgan fingerprint density at radius 1 is 0.644 bits per heavy atom. The van der Waals surface area contributed by atoms with Crippen molar-refractivity contribution in [1.29, 1.82) is 0 Å². The van der Waals surface area contributed by atoms with Crippen molar-refractivity contribution in [2.75, 3.05) is 23.9 Å². The number of nitrogens with zero attached hydrogens (tertiary/aromatic N) is 4. The van der Waals surface area contributed by atoms with Gasteiger partial charge in [-0.05, 0) is 71.3 Å². The molecule has 0 unspecified atom stereocenters. The van der Waals surface area contributed by atoms with E-state index in [4.69, 9.17) is 0 Å². The average molecular weight is 761 g/mol. The Morgan fingerprint density at radius 3 is 1.98 bits per heavy atom. The largest absolute Gasteiger partial charge is 0.385 e. The van der Waals surface area contributed by atoms with Crippen LogP contribution in [0.1, 0.15) is 16.7 Å². The summed E-state index contributed by atoms with van der Waals surface area (Å²) in [7, 11) is 4.31. The molecule has 8 rings (SSSR count). The number of benzene rings is 4. The Morgan fingerprint density at radius 2 is 1.33 bits per heavy atom. The van der Waals surface area contributed by atoms with Gasteiger partial charge in [0.05, 0.1) is 0 Å². The fourth-order valence-corrected chi connectivity index (χ4v) is 6.40. The second-order valence-corrected chi connectivity index (χ2v) is 11.6. The molecule has 4 nitrogen and oxygen atoms in total. The van der Waals surface area contributed by atoms with Crippen molar-refractivity contribution in [2.45, 2.75) is 20.8 Å². The normalized spacial score (nSPS) is 12.2. The van der Waals surface area contributed by atoms with Crippen LogP contribution < -0.4 is 26.2 Å². The van der Waals surface area contributed by atoms with E-state index in [0.29, 0.717) is 0 Å². The molecule has 2 aliphatic rings. The van der Waals surface area contributed by atoms with Gasteiger partial charge in [0, 0.05) is 58.0 Å². The van der Waals surface area contributed by atoms with Crippen molar-refractivity contribution in [2.24, 2.45) is 0 Å². The molecule has 0 fully saturated rings. The Kier molecular flexibility index (Phi) is 8.46. The molecule has 0 aliphatic carbocycles. The third-order valence-electron chi connectivity index (χ3n) is 8.86. The van der Waals surface area contributed by atoms with Crippen molar-refractivity contribution in [3.63, 3.8) is 0 Å². The van der Waals surface area contributed by atoms with Crippen molar-refractivity contribution < 1.29 is 20.1 Å². The molecule has 2 aliphatic heterocycles. The predicted molar refractivity (Wildman–Crippen MR) is 185 cm³/mol. The first kappa shape index (κ1) is 30.5. The Balaban J connectivity index is 0.000000190. The van der Waals surface area contributed by atoms with Crippen LogP contribution in [0.25, 0.3) is 22.5 Å². The average Bonchev–Trinajstić information content (AvgIpc) is 3.06. The summed E-state index contributed by atoms with van der Waals surface area (Å²) < 4.78 is 0. The van der Waals surface area contributed by atoms with Crippen LogP contribution in [-0.2, 0) is 20.1 Å². The first-order valence-electron chi connectivity index (χ1n) is 15.0. The third-order valence-corrected chi connectivity index (χ3v) is 8.86.